The van der Waals surface area contributed by atoms with Gasteiger partial charge in [0.2, 0.25) is 0 Å². The zero-order valence-electron chi connectivity index (χ0n) is 29.3. The molecular formula is C51H32N2O. The van der Waals surface area contributed by atoms with Crippen LogP contribution in [-0.4, -0.2) is 9.97 Å². The Kier molecular flexibility index (Phi) is 6.77. The highest BCUT2D eigenvalue weighted by molar-refractivity contribution is 5.97. The van der Waals surface area contributed by atoms with E-state index in [4.69, 9.17) is 14.7 Å². The number of rotatable bonds is 4. The highest BCUT2D eigenvalue weighted by Gasteiger charge is 2.50. The number of aromatic nitrogens is 2. The third kappa shape index (κ3) is 4.49. The summed E-state index contributed by atoms with van der Waals surface area (Å²) in [6.07, 6.45) is 0. The van der Waals surface area contributed by atoms with Gasteiger partial charge in [-0.25, -0.2) is 9.97 Å². The molecule has 11 rings (SSSR count). The molecule has 0 bridgehead atoms. The van der Waals surface area contributed by atoms with Crippen LogP contribution in [-0.2, 0) is 5.41 Å². The predicted molar refractivity (Wildman–Crippen MR) is 219 cm³/mol. The van der Waals surface area contributed by atoms with E-state index in [1.54, 1.807) is 0 Å². The van der Waals surface area contributed by atoms with Crippen molar-refractivity contribution in [1.82, 2.24) is 9.97 Å². The van der Waals surface area contributed by atoms with Gasteiger partial charge in [-0.2, -0.15) is 0 Å². The Morgan fingerprint density at radius 3 is 1.72 bits per heavy atom. The smallest absolute Gasteiger partial charge is 0.161 e. The predicted octanol–water partition coefficient (Wildman–Crippen LogP) is 12.8. The van der Waals surface area contributed by atoms with Crippen LogP contribution in [0.4, 0.5) is 0 Å². The summed E-state index contributed by atoms with van der Waals surface area (Å²) < 4.78 is 6.87. The molecule has 0 saturated heterocycles. The van der Waals surface area contributed by atoms with E-state index in [1.165, 1.54) is 27.6 Å². The molecule has 0 unspecified atom stereocenters. The Balaban J connectivity index is 1.12. The first-order chi connectivity index (χ1) is 26.8. The molecule has 0 amide bonds. The molecule has 0 saturated carbocycles. The lowest BCUT2D eigenvalue weighted by Crippen LogP contribution is -2.32. The van der Waals surface area contributed by atoms with Crippen molar-refractivity contribution in [3.8, 4) is 67.7 Å². The second kappa shape index (κ2) is 12.0. The van der Waals surface area contributed by atoms with Crippen LogP contribution in [0, 0.1) is 0 Å². The van der Waals surface area contributed by atoms with Gasteiger partial charge >= 0.3 is 0 Å². The van der Waals surface area contributed by atoms with Crippen molar-refractivity contribution in [3.63, 3.8) is 0 Å². The maximum Gasteiger partial charge on any atom is 0.161 e. The second-order valence-corrected chi connectivity index (χ2v) is 14.1. The Morgan fingerprint density at radius 1 is 0.352 bits per heavy atom. The molecule has 0 fully saturated rings. The normalized spacial score (nSPS) is 13.1. The number of fused-ring (bicyclic) bond motifs is 10. The lowest BCUT2D eigenvalue weighted by molar-refractivity contribution is 0.436. The van der Waals surface area contributed by atoms with Gasteiger partial charge < -0.3 is 4.74 Å². The van der Waals surface area contributed by atoms with Gasteiger partial charge in [-0.1, -0.05) is 176 Å². The zero-order chi connectivity index (χ0) is 35.6. The van der Waals surface area contributed by atoms with Crippen LogP contribution in [0.1, 0.15) is 22.3 Å². The monoisotopic (exact) mass is 688 g/mol. The summed E-state index contributed by atoms with van der Waals surface area (Å²) in [7, 11) is 0. The van der Waals surface area contributed by atoms with E-state index in [0.717, 1.165) is 67.2 Å². The summed E-state index contributed by atoms with van der Waals surface area (Å²) in [4.78, 5) is 10.6. The topological polar surface area (TPSA) is 35.0 Å². The number of hydrogen-bond acceptors (Lipinski definition) is 3. The first-order valence-electron chi connectivity index (χ1n) is 18.4. The molecule has 9 aromatic rings. The van der Waals surface area contributed by atoms with Crippen LogP contribution < -0.4 is 4.74 Å². The van der Waals surface area contributed by atoms with Gasteiger partial charge in [-0.05, 0) is 62.4 Å². The highest BCUT2D eigenvalue weighted by Crippen LogP contribution is 2.62. The van der Waals surface area contributed by atoms with Crippen molar-refractivity contribution in [2.45, 2.75) is 5.41 Å². The SMILES string of the molecule is c1ccc(-c2cc(-c3cccc4ccccc34)nc(-c3ccccc3-c3ccc4c(c3)Oc3ccccc3C43c4ccccc4-c4ccccc43)n2)cc1. The number of ether oxygens (including phenoxy) is 1. The average molecular weight is 689 g/mol. The molecule has 252 valence electrons. The molecule has 8 aromatic carbocycles. The molecule has 2 aliphatic rings. The Bertz CT molecular complexity index is 2880. The Hall–Kier alpha value is -7.10. The number of hydrogen-bond donors (Lipinski definition) is 0. The summed E-state index contributed by atoms with van der Waals surface area (Å²) in [5, 5.41) is 2.34. The van der Waals surface area contributed by atoms with Gasteiger partial charge in [-0.3, -0.25) is 0 Å². The van der Waals surface area contributed by atoms with Gasteiger partial charge in [0.05, 0.1) is 16.8 Å². The van der Waals surface area contributed by atoms with Crippen LogP contribution in [0.25, 0.3) is 66.9 Å². The fourth-order valence-electron chi connectivity index (χ4n) is 8.87. The van der Waals surface area contributed by atoms with Gasteiger partial charge in [-0.15, -0.1) is 0 Å². The maximum absolute atomic E-state index is 6.87. The zero-order valence-corrected chi connectivity index (χ0v) is 29.3. The van der Waals surface area contributed by atoms with Crippen molar-refractivity contribution < 1.29 is 4.74 Å². The van der Waals surface area contributed by atoms with Crippen molar-refractivity contribution >= 4 is 10.8 Å². The lowest BCUT2D eigenvalue weighted by atomic mass is 9.66. The van der Waals surface area contributed by atoms with Gasteiger partial charge in [0.25, 0.3) is 0 Å². The van der Waals surface area contributed by atoms with E-state index < -0.39 is 5.41 Å². The fraction of sp³-hybridized carbons (Fsp3) is 0.0196. The second-order valence-electron chi connectivity index (χ2n) is 14.1. The first kappa shape index (κ1) is 30.5. The van der Waals surface area contributed by atoms with Crippen LogP contribution >= 0.6 is 0 Å². The summed E-state index contributed by atoms with van der Waals surface area (Å²) in [5.74, 6) is 2.40. The molecule has 1 aliphatic carbocycles. The molecule has 54 heavy (non-hydrogen) atoms. The van der Waals surface area contributed by atoms with Crippen LogP contribution in [0.15, 0.2) is 194 Å². The van der Waals surface area contributed by atoms with E-state index in [2.05, 4.69) is 188 Å². The third-order valence-electron chi connectivity index (χ3n) is 11.2. The van der Waals surface area contributed by atoms with Gasteiger partial charge in [0, 0.05) is 27.8 Å². The maximum atomic E-state index is 6.87. The van der Waals surface area contributed by atoms with E-state index in [0.29, 0.717) is 5.82 Å². The molecule has 3 heteroatoms. The van der Waals surface area contributed by atoms with Gasteiger partial charge in [0.15, 0.2) is 5.82 Å². The van der Waals surface area contributed by atoms with Crippen LogP contribution in [0.5, 0.6) is 11.5 Å². The largest absolute Gasteiger partial charge is 0.457 e. The minimum atomic E-state index is -0.504. The van der Waals surface area contributed by atoms with Crippen LogP contribution in [0.2, 0.25) is 0 Å². The Morgan fingerprint density at radius 2 is 0.926 bits per heavy atom. The minimum absolute atomic E-state index is 0.504. The third-order valence-corrected chi connectivity index (χ3v) is 11.2. The molecule has 1 aromatic heterocycles. The summed E-state index contributed by atoms with van der Waals surface area (Å²) in [6.45, 7) is 0. The van der Waals surface area contributed by atoms with Crippen LogP contribution in [0.3, 0.4) is 0 Å². The summed E-state index contributed by atoms with van der Waals surface area (Å²) in [5.41, 5.74) is 13.8. The van der Waals surface area contributed by atoms with Crippen molar-refractivity contribution in [1.29, 1.82) is 0 Å². The van der Waals surface area contributed by atoms with E-state index in [-0.39, 0.29) is 0 Å². The summed E-state index contributed by atoms with van der Waals surface area (Å²) >= 11 is 0. The Labute approximate surface area is 313 Å². The quantitative estimate of drug-likeness (QED) is 0.185. The number of benzene rings is 8. The molecule has 0 radical (unpaired) electrons. The minimum Gasteiger partial charge on any atom is -0.457 e. The fourth-order valence-corrected chi connectivity index (χ4v) is 8.87. The van der Waals surface area contributed by atoms with E-state index in [9.17, 15) is 0 Å². The average Bonchev–Trinajstić information content (AvgIpc) is 3.54. The van der Waals surface area contributed by atoms with Crippen molar-refractivity contribution in [2.75, 3.05) is 0 Å². The highest BCUT2D eigenvalue weighted by atomic mass is 16.5. The standard InChI is InChI=1S/C51H32N2O/c1-2-16-34(17-3-1)46-32-47(40-24-14-18-33-15-4-5-19-36(33)40)53-50(52-46)41-23-7-6-20-37(41)35-29-30-45-49(31-35)54-48-28-13-12-27-44(48)51(45)42-25-10-8-21-38(42)39-22-9-11-26-43(39)51/h1-32H. The van der Waals surface area contributed by atoms with Crippen molar-refractivity contribution in [2.24, 2.45) is 0 Å². The molecule has 3 nitrogen and oxygen atoms in total. The van der Waals surface area contributed by atoms with Crippen molar-refractivity contribution in [3.05, 3.63) is 216 Å². The number of para-hydroxylation sites is 1. The molecule has 0 atom stereocenters. The first-order valence-corrected chi connectivity index (χ1v) is 18.4. The van der Waals surface area contributed by atoms with Gasteiger partial charge in [0.1, 0.15) is 11.5 Å². The lowest BCUT2D eigenvalue weighted by Gasteiger charge is -2.39. The number of nitrogens with zero attached hydrogens (tertiary/aromatic N) is 2. The van der Waals surface area contributed by atoms with E-state index in [1.807, 2.05) is 6.07 Å². The molecule has 2 heterocycles. The summed E-state index contributed by atoms with van der Waals surface area (Å²) in [6, 6.07) is 68.8. The molecular weight excluding hydrogens is 657 g/mol. The molecule has 1 spiro atoms. The molecule has 0 N–H and O–H groups in total. The van der Waals surface area contributed by atoms with E-state index >= 15 is 0 Å². The molecule has 1 aliphatic heterocycles.